The Morgan fingerprint density at radius 2 is 1.79 bits per heavy atom. The van der Waals surface area contributed by atoms with Crippen LogP contribution in [0.1, 0.15) is 39.6 Å². The number of phenolic OH excluding ortho intramolecular Hbond substituents is 3. The van der Waals surface area contributed by atoms with Gasteiger partial charge >= 0.3 is 0 Å². The molecule has 1 heterocycles. The molecule has 1 atom stereocenters. The van der Waals surface area contributed by atoms with E-state index in [-0.39, 0.29) is 47.2 Å². The summed E-state index contributed by atoms with van der Waals surface area (Å²) in [6, 6.07) is 14.9. The Morgan fingerprint density at radius 1 is 1.07 bits per heavy atom. The normalized spacial score (nSPS) is 15.5. The molecule has 29 heavy (non-hydrogen) atoms. The molecule has 1 aliphatic rings. The van der Waals surface area contributed by atoms with Crippen LogP contribution in [0.3, 0.4) is 0 Å². The first-order chi connectivity index (χ1) is 14.0. The average molecular weight is 392 g/mol. The molecule has 148 valence electrons. The highest BCUT2D eigenvalue weighted by Gasteiger charge is 2.33. The molecule has 0 amide bonds. The number of carbonyl (C=O) groups excluding carboxylic acids is 1. The van der Waals surface area contributed by atoms with E-state index in [4.69, 9.17) is 9.47 Å². The van der Waals surface area contributed by atoms with Gasteiger partial charge < -0.3 is 24.8 Å². The molecular weight excluding hydrogens is 372 g/mol. The summed E-state index contributed by atoms with van der Waals surface area (Å²) in [4.78, 5) is 12.8. The van der Waals surface area contributed by atoms with Gasteiger partial charge in [-0.15, -0.1) is 0 Å². The van der Waals surface area contributed by atoms with Crippen molar-refractivity contribution in [2.45, 2.75) is 18.9 Å². The molecule has 0 fully saturated rings. The molecule has 0 aliphatic carbocycles. The van der Waals surface area contributed by atoms with Gasteiger partial charge in [0.25, 0.3) is 0 Å². The van der Waals surface area contributed by atoms with Crippen LogP contribution in [-0.4, -0.2) is 28.2 Å². The molecule has 0 aromatic heterocycles. The van der Waals surface area contributed by atoms with Gasteiger partial charge in [0.1, 0.15) is 40.4 Å². The predicted molar refractivity (Wildman–Crippen MR) is 106 cm³/mol. The molecule has 0 radical (unpaired) electrons. The lowest BCUT2D eigenvalue weighted by Crippen LogP contribution is -2.21. The van der Waals surface area contributed by atoms with Gasteiger partial charge in [0.2, 0.25) is 0 Å². The number of Topliss-reactive ketones (excluding diaryl/α,β-unsaturated/α-hetero) is 1. The first kappa shape index (κ1) is 18.7. The SMILES string of the molecule is COc1cc2c(c(O)c1Cc1ccccc1O)C(=O)C[C@H](c1ccc(O)cc1)O2. The zero-order valence-electron chi connectivity index (χ0n) is 15.8. The molecule has 3 aromatic rings. The van der Waals surface area contributed by atoms with Crippen LogP contribution in [-0.2, 0) is 6.42 Å². The lowest BCUT2D eigenvalue weighted by atomic mass is 9.92. The third-order valence-corrected chi connectivity index (χ3v) is 5.09. The van der Waals surface area contributed by atoms with Crippen LogP contribution in [0.2, 0.25) is 0 Å². The van der Waals surface area contributed by atoms with Crippen LogP contribution < -0.4 is 9.47 Å². The summed E-state index contributed by atoms with van der Waals surface area (Å²) in [6.45, 7) is 0. The number of rotatable bonds is 4. The Morgan fingerprint density at radius 3 is 2.48 bits per heavy atom. The van der Waals surface area contributed by atoms with Crippen molar-refractivity contribution in [1.82, 2.24) is 0 Å². The molecule has 0 saturated heterocycles. The Hall–Kier alpha value is -3.67. The number of phenols is 3. The largest absolute Gasteiger partial charge is 0.508 e. The summed E-state index contributed by atoms with van der Waals surface area (Å²) >= 11 is 0. The van der Waals surface area contributed by atoms with Gasteiger partial charge in [-0.05, 0) is 29.3 Å². The first-order valence-corrected chi connectivity index (χ1v) is 9.16. The molecule has 6 heteroatoms. The summed E-state index contributed by atoms with van der Waals surface area (Å²) in [5.41, 5.74) is 1.88. The summed E-state index contributed by atoms with van der Waals surface area (Å²) in [5.74, 6) is 0.393. The molecule has 0 unspecified atom stereocenters. The second-order valence-electron chi connectivity index (χ2n) is 6.91. The van der Waals surface area contributed by atoms with Crippen molar-refractivity contribution in [2.24, 2.45) is 0 Å². The molecule has 0 saturated carbocycles. The fourth-order valence-corrected chi connectivity index (χ4v) is 3.57. The molecule has 0 bridgehead atoms. The van der Waals surface area contributed by atoms with Gasteiger partial charge in [0.05, 0.1) is 13.5 Å². The zero-order chi connectivity index (χ0) is 20.5. The van der Waals surface area contributed by atoms with Crippen molar-refractivity contribution in [3.63, 3.8) is 0 Å². The smallest absolute Gasteiger partial charge is 0.174 e. The van der Waals surface area contributed by atoms with E-state index in [1.807, 2.05) is 0 Å². The van der Waals surface area contributed by atoms with Crippen molar-refractivity contribution in [3.05, 3.63) is 76.9 Å². The van der Waals surface area contributed by atoms with Gasteiger partial charge in [-0.3, -0.25) is 4.79 Å². The number of hydrogen-bond donors (Lipinski definition) is 3. The van der Waals surface area contributed by atoms with Gasteiger partial charge in [0.15, 0.2) is 5.78 Å². The van der Waals surface area contributed by atoms with Crippen molar-refractivity contribution in [3.8, 4) is 28.7 Å². The van der Waals surface area contributed by atoms with Crippen LogP contribution in [0.5, 0.6) is 28.7 Å². The van der Waals surface area contributed by atoms with E-state index in [1.54, 1.807) is 42.5 Å². The van der Waals surface area contributed by atoms with Crippen LogP contribution in [0.15, 0.2) is 54.6 Å². The molecule has 4 rings (SSSR count). The Balaban J connectivity index is 1.74. The van der Waals surface area contributed by atoms with Crippen molar-refractivity contribution < 1.29 is 29.6 Å². The monoisotopic (exact) mass is 392 g/mol. The van der Waals surface area contributed by atoms with Crippen LogP contribution in [0, 0.1) is 0 Å². The molecular formula is C23H20O6. The van der Waals surface area contributed by atoms with Gasteiger partial charge in [-0.25, -0.2) is 0 Å². The summed E-state index contributed by atoms with van der Waals surface area (Å²) in [6.07, 6.45) is -0.263. The average Bonchev–Trinajstić information content (AvgIpc) is 2.71. The van der Waals surface area contributed by atoms with Gasteiger partial charge in [0, 0.05) is 18.1 Å². The second-order valence-corrected chi connectivity index (χ2v) is 6.91. The number of methoxy groups -OCH3 is 1. The van der Waals surface area contributed by atoms with E-state index >= 15 is 0 Å². The van der Waals surface area contributed by atoms with E-state index in [1.165, 1.54) is 19.2 Å². The molecule has 1 aliphatic heterocycles. The number of benzene rings is 3. The number of para-hydroxylation sites is 1. The van der Waals surface area contributed by atoms with Crippen molar-refractivity contribution in [2.75, 3.05) is 7.11 Å². The maximum Gasteiger partial charge on any atom is 0.174 e. The maximum atomic E-state index is 12.8. The highest BCUT2D eigenvalue weighted by Crippen LogP contribution is 2.45. The van der Waals surface area contributed by atoms with Crippen molar-refractivity contribution >= 4 is 5.78 Å². The van der Waals surface area contributed by atoms with E-state index in [0.717, 1.165) is 5.56 Å². The lowest BCUT2D eigenvalue weighted by Gasteiger charge is -2.27. The summed E-state index contributed by atoms with van der Waals surface area (Å²) in [5, 5.41) is 30.4. The van der Waals surface area contributed by atoms with E-state index in [2.05, 4.69) is 0 Å². The van der Waals surface area contributed by atoms with Crippen LogP contribution in [0.25, 0.3) is 0 Å². The number of ketones is 1. The predicted octanol–water partition coefficient (Wildman–Crippen LogP) is 4.11. The fraction of sp³-hybridized carbons (Fsp3) is 0.174. The number of carbonyl (C=O) groups is 1. The fourth-order valence-electron chi connectivity index (χ4n) is 3.57. The Bertz CT molecular complexity index is 1070. The minimum Gasteiger partial charge on any atom is -0.508 e. The molecule has 3 aromatic carbocycles. The highest BCUT2D eigenvalue weighted by atomic mass is 16.5. The van der Waals surface area contributed by atoms with E-state index in [9.17, 15) is 20.1 Å². The lowest BCUT2D eigenvalue weighted by molar-refractivity contribution is 0.0844. The Kier molecular flexibility index (Phi) is 4.76. The Labute approximate surface area is 167 Å². The minimum atomic E-state index is -0.524. The van der Waals surface area contributed by atoms with Gasteiger partial charge in [-0.1, -0.05) is 30.3 Å². The number of ether oxygens (including phenoxy) is 2. The van der Waals surface area contributed by atoms with E-state index < -0.39 is 6.10 Å². The minimum absolute atomic E-state index is 0.0632. The maximum absolute atomic E-state index is 12.8. The standard InChI is InChI=1S/C23H20O6/c1-28-20-12-21-22(23(27)16(20)10-14-4-2-3-5-17(14)25)18(26)11-19(29-21)13-6-8-15(24)9-7-13/h2-9,12,19,24-25,27H,10-11H2,1H3/t19-/m1/s1. The third-order valence-electron chi connectivity index (χ3n) is 5.09. The second kappa shape index (κ2) is 7.39. The van der Waals surface area contributed by atoms with Crippen LogP contribution in [0.4, 0.5) is 0 Å². The third kappa shape index (κ3) is 3.45. The molecule has 6 nitrogen and oxygen atoms in total. The quantitative estimate of drug-likeness (QED) is 0.618. The number of aromatic hydroxyl groups is 3. The van der Waals surface area contributed by atoms with Crippen molar-refractivity contribution in [1.29, 1.82) is 0 Å². The highest BCUT2D eigenvalue weighted by molar-refractivity contribution is 6.03. The molecule has 0 spiro atoms. The number of hydrogen-bond acceptors (Lipinski definition) is 6. The van der Waals surface area contributed by atoms with E-state index in [0.29, 0.717) is 16.9 Å². The summed E-state index contributed by atoms with van der Waals surface area (Å²) in [7, 11) is 1.47. The zero-order valence-corrected chi connectivity index (χ0v) is 15.8. The topological polar surface area (TPSA) is 96.2 Å². The molecule has 3 N–H and O–H groups in total. The number of fused-ring (bicyclic) bond motifs is 1. The van der Waals surface area contributed by atoms with Crippen LogP contribution >= 0.6 is 0 Å². The van der Waals surface area contributed by atoms with Gasteiger partial charge in [-0.2, -0.15) is 0 Å². The summed E-state index contributed by atoms with van der Waals surface area (Å²) < 4.78 is 11.4. The first-order valence-electron chi connectivity index (χ1n) is 9.16.